The number of hydrogen-bond donors (Lipinski definition) is 1. The second-order valence-electron chi connectivity index (χ2n) is 2.90. The second-order valence-corrected chi connectivity index (χ2v) is 4.71. The number of rotatable bonds is 1. The van der Waals surface area contributed by atoms with Crippen molar-refractivity contribution >= 4 is 37.8 Å². The summed E-state index contributed by atoms with van der Waals surface area (Å²) in [5.41, 5.74) is 0.171. The number of ether oxygens (including phenoxy) is 2. The van der Waals surface area contributed by atoms with E-state index >= 15 is 0 Å². The van der Waals surface area contributed by atoms with E-state index in [2.05, 4.69) is 31.9 Å². The van der Waals surface area contributed by atoms with Crippen molar-refractivity contribution < 1.29 is 19.4 Å². The fourth-order valence-corrected chi connectivity index (χ4v) is 1.80. The van der Waals surface area contributed by atoms with Crippen LogP contribution in [0.5, 0.6) is 11.5 Å². The molecule has 0 amide bonds. The molecule has 6 heteroatoms. The quantitative estimate of drug-likeness (QED) is 0.800. The number of alkyl halides is 2. The van der Waals surface area contributed by atoms with Crippen LogP contribution < -0.4 is 9.47 Å². The van der Waals surface area contributed by atoms with Gasteiger partial charge in [-0.25, -0.2) is 4.79 Å². The molecule has 4 nitrogen and oxygen atoms in total. The first-order valence-corrected chi connectivity index (χ1v) is 5.90. The highest BCUT2D eigenvalue weighted by atomic mass is 79.9. The summed E-state index contributed by atoms with van der Waals surface area (Å²) in [6, 6.07) is 4.48. The first-order chi connectivity index (χ1) is 7.08. The van der Waals surface area contributed by atoms with Gasteiger partial charge in [0.2, 0.25) is 0 Å². The van der Waals surface area contributed by atoms with E-state index in [1.54, 1.807) is 6.07 Å². The minimum Gasteiger partial charge on any atom is -0.478 e. The summed E-state index contributed by atoms with van der Waals surface area (Å²) >= 11 is 6.50. The summed E-state index contributed by atoms with van der Waals surface area (Å²) in [7, 11) is 0. The summed E-state index contributed by atoms with van der Waals surface area (Å²) < 4.78 is 10.8. The van der Waals surface area contributed by atoms with Crippen molar-refractivity contribution in [2.24, 2.45) is 0 Å². The number of carboxylic acid groups (broad SMARTS) is 1. The molecule has 0 fully saturated rings. The number of hydrogen-bond acceptors (Lipinski definition) is 3. The van der Waals surface area contributed by atoms with Gasteiger partial charge in [-0.2, -0.15) is 0 Å². The van der Waals surface area contributed by atoms with E-state index in [-0.39, 0.29) is 15.6 Å². The van der Waals surface area contributed by atoms with E-state index in [1.807, 2.05) is 0 Å². The van der Waals surface area contributed by atoms with Crippen molar-refractivity contribution in [2.45, 2.75) is 10.0 Å². The maximum atomic E-state index is 10.7. The number of carbonyl (C=O) groups is 1. The molecule has 1 aliphatic rings. The lowest BCUT2D eigenvalue weighted by molar-refractivity contribution is 0.0695. The van der Waals surface area contributed by atoms with Crippen LogP contribution in [0.3, 0.4) is 0 Å². The molecule has 2 unspecified atom stereocenters. The van der Waals surface area contributed by atoms with Gasteiger partial charge in [-0.15, -0.1) is 0 Å². The molecule has 2 rings (SSSR count). The van der Waals surface area contributed by atoms with Crippen molar-refractivity contribution in [3.63, 3.8) is 0 Å². The topological polar surface area (TPSA) is 55.8 Å². The second kappa shape index (κ2) is 4.02. The monoisotopic (exact) mass is 336 g/mol. The van der Waals surface area contributed by atoms with Crippen molar-refractivity contribution in [3.8, 4) is 11.5 Å². The molecule has 0 bridgehead atoms. The zero-order valence-electron chi connectivity index (χ0n) is 7.31. The van der Waals surface area contributed by atoms with Crippen LogP contribution in [-0.4, -0.2) is 21.1 Å². The minimum absolute atomic E-state index is 0.171. The van der Waals surface area contributed by atoms with Crippen molar-refractivity contribution in [2.75, 3.05) is 0 Å². The highest BCUT2D eigenvalue weighted by Crippen LogP contribution is 2.37. The number of fused-ring (bicyclic) bond motifs is 1. The molecule has 0 saturated heterocycles. The van der Waals surface area contributed by atoms with Gasteiger partial charge >= 0.3 is 5.97 Å². The van der Waals surface area contributed by atoms with Gasteiger partial charge in [0.1, 0.15) is 0 Å². The summed E-state index contributed by atoms with van der Waals surface area (Å²) in [6.07, 6.45) is 0. The van der Waals surface area contributed by atoms with Crippen LogP contribution in [0.15, 0.2) is 18.2 Å². The molecule has 80 valence electrons. The predicted molar refractivity (Wildman–Crippen MR) is 60.1 cm³/mol. The summed E-state index contributed by atoms with van der Waals surface area (Å²) in [4.78, 5) is 10.7. The summed E-state index contributed by atoms with van der Waals surface area (Å²) in [5.74, 6) is -0.0430. The van der Waals surface area contributed by atoms with Gasteiger partial charge in [-0.05, 0) is 50.1 Å². The van der Waals surface area contributed by atoms with Crippen LogP contribution >= 0.6 is 31.9 Å². The third-order valence-corrected chi connectivity index (χ3v) is 3.92. The molecular weight excluding hydrogens is 332 g/mol. The SMILES string of the molecule is O=C(O)c1ccc2c(c1)OC(Br)C(Br)O2. The molecule has 1 aromatic carbocycles. The molecule has 0 aliphatic carbocycles. The average molecular weight is 338 g/mol. The Morgan fingerprint density at radius 1 is 1.20 bits per heavy atom. The van der Waals surface area contributed by atoms with E-state index in [1.165, 1.54) is 12.1 Å². The molecule has 0 saturated carbocycles. The van der Waals surface area contributed by atoms with Crippen LogP contribution in [0.4, 0.5) is 0 Å². The molecule has 0 aromatic heterocycles. The number of carboxylic acids is 1. The molecule has 15 heavy (non-hydrogen) atoms. The fourth-order valence-electron chi connectivity index (χ4n) is 1.18. The first kappa shape index (κ1) is 10.8. The zero-order valence-corrected chi connectivity index (χ0v) is 10.5. The van der Waals surface area contributed by atoms with Gasteiger partial charge in [0.05, 0.1) is 5.56 Å². The van der Waals surface area contributed by atoms with E-state index in [0.29, 0.717) is 11.5 Å². The number of halogens is 2. The van der Waals surface area contributed by atoms with Crippen LogP contribution in [0.25, 0.3) is 0 Å². The Labute approximate surface area is 102 Å². The van der Waals surface area contributed by atoms with E-state index in [0.717, 1.165) is 0 Å². The lowest BCUT2D eigenvalue weighted by Gasteiger charge is -2.27. The van der Waals surface area contributed by atoms with Gasteiger partial charge in [0, 0.05) is 0 Å². The number of aromatic carboxylic acids is 1. The molecule has 2 atom stereocenters. The Morgan fingerprint density at radius 3 is 2.40 bits per heavy atom. The lowest BCUT2D eigenvalue weighted by Crippen LogP contribution is -2.30. The highest BCUT2D eigenvalue weighted by Gasteiger charge is 2.27. The smallest absolute Gasteiger partial charge is 0.335 e. The van der Waals surface area contributed by atoms with E-state index < -0.39 is 5.97 Å². The van der Waals surface area contributed by atoms with Gasteiger partial charge in [-0.1, -0.05) is 0 Å². The first-order valence-electron chi connectivity index (χ1n) is 4.07. The van der Waals surface area contributed by atoms with Crippen LogP contribution in [-0.2, 0) is 0 Å². The van der Waals surface area contributed by atoms with Gasteiger partial charge < -0.3 is 14.6 Å². The van der Waals surface area contributed by atoms with Crippen molar-refractivity contribution in [3.05, 3.63) is 23.8 Å². The van der Waals surface area contributed by atoms with Crippen LogP contribution in [0, 0.1) is 0 Å². The molecule has 1 aliphatic heterocycles. The highest BCUT2D eigenvalue weighted by molar-refractivity contribution is 9.12. The maximum absolute atomic E-state index is 10.7. The van der Waals surface area contributed by atoms with Crippen molar-refractivity contribution in [1.29, 1.82) is 0 Å². The molecule has 0 radical (unpaired) electrons. The predicted octanol–water partition coefficient (Wildman–Crippen LogP) is 2.60. The Balaban J connectivity index is 2.37. The normalized spacial score (nSPS) is 23.6. The lowest BCUT2D eigenvalue weighted by atomic mass is 10.2. The fraction of sp³-hybridized carbons (Fsp3) is 0.222. The summed E-state index contributed by atoms with van der Waals surface area (Å²) in [5, 5.41) is 8.16. The Morgan fingerprint density at radius 2 is 1.80 bits per heavy atom. The van der Waals surface area contributed by atoms with Crippen LogP contribution in [0.2, 0.25) is 0 Å². The minimum atomic E-state index is -0.992. The van der Waals surface area contributed by atoms with E-state index in [9.17, 15) is 4.79 Å². The zero-order chi connectivity index (χ0) is 11.0. The molecular formula is C9H6Br2O4. The Hall–Kier alpha value is -0.750. The molecule has 1 heterocycles. The Bertz CT molecular complexity index is 407. The van der Waals surface area contributed by atoms with Crippen molar-refractivity contribution in [1.82, 2.24) is 0 Å². The molecule has 0 spiro atoms. The third kappa shape index (κ3) is 2.10. The largest absolute Gasteiger partial charge is 0.478 e. The standard InChI is InChI=1S/C9H6Br2O4/c10-7-8(11)15-6-3-4(9(12)13)1-2-5(6)14-7/h1-3,7-8H,(H,12,13). The molecule has 1 aromatic rings. The molecule has 1 N–H and O–H groups in total. The Kier molecular flexibility index (Phi) is 2.88. The summed E-state index contributed by atoms with van der Waals surface area (Å²) in [6.45, 7) is 0. The van der Waals surface area contributed by atoms with Gasteiger partial charge in [0.25, 0.3) is 0 Å². The van der Waals surface area contributed by atoms with Gasteiger partial charge in [0.15, 0.2) is 21.5 Å². The number of benzene rings is 1. The maximum Gasteiger partial charge on any atom is 0.335 e. The third-order valence-electron chi connectivity index (χ3n) is 1.88. The van der Waals surface area contributed by atoms with E-state index in [4.69, 9.17) is 14.6 Å². The van der Waals surface area contributed by atoms with Gasteiger partial charge in [-0.3, -0.25) is 0 Å². The average Bonchev–Trinajstić information content (AvgIpc) is 2.19. The van der Waals surface area contributed by atoms with Crippen LogP contribution in [0.1, 0.15) is 10.4 Å².